The van der Waals surface area contributed by atoms with Crippen molar-refractivity contribution in [3.8, 4) is 0 Å². The van der Waals surface area contributed by atoms with Crippen LogP contribution in [0.25, 0.3) is 0 Å². The fourth-order valence-corrected chi connectivity index (χ4v) is 3.67. The third-order valence-electron chi connectivity index (χ3n) is 3.70. The molecule has 1 heterocycles. The van der Waals surface area contributed by atoms with Crippen LogP contribution in [0.5, 0.6) is 0 Å². The summed E-state index contributed by atoms with van der Waals surface area (Å²) < 4.78 is 5.24. The summed E-state index contributed by atoms with van der Waals surface area (Å²) in [6, 6.07) is 12.1. The largest absolute Gasteiger partial charge is 0.456 e. The molecular formula is C20H16Cl2N2O3S. The molecule has 1 N–H and O–H groups in total. The van der Waals surface area contributed by atoms with Gasteiger partial charge in [-0.2, -0.15) is 0 Å². The monoisotopic (exact) mass is 434 g/mol. The first kappa shape index (κ1) is 20.3. The lowest BCUT2D eigenvalue weighted by atomic mass is 10.2. The molecule has 2 aromatic carbocycles. The maximum Gasteiger partial charge on any atom is 0.338 e. The smallest absolute Gasteiger partial charge is 0.338 e. The number of hydrogen-bond donors (Lipinski definition) is 1. The van der Waals surface area contributed by atoms with Crippen molar-refractivity contribution in [3.63, 3.8) is 0 Å². The molecule has 0 aliphatic heterocycles. The van der Waals surface area contributed by atoms with Gasteiger partial charge in [0.1, 0.15) is 11.6 Å². The predicted octanol–water partition coefficient (Wildman–Crippen LogP) is 5.30. The average molecular weight is 435 g/mol. The number of anilines is 1. The molecule has 0 saturated heterocycles. The molecule has 144 valence electrons. The summed E-state index contributed by atoms with van der Waals surface area (Å²) >= 11 is 13.1. The number of aryl methyl sites for hydroxylation is 1. The molecule has 0 fully saturated rings. The third-order valence-corrected chi connectivity index (χ3v) is 5.03. The summed E-state index contributed by atoms with van der Waals surface area (Å²) in [5, 5.41) is 5.94. The normalized spacial score (nSPS) is 10.5. The van der Waals surface area contributed by atoms with E-state index in [4.69, 9.17) is 27.9 Å². The lowest BCUT2D eigenvalue weighted by Crippen LogP contribution is -2.14. The second-order valence-electron chi connectivity index (χ2n) is 6.06. The van der Waals surface area contributed by atoms with Gasteiger partial charge in [-0.05, 0) is 37.3 Å². The van der Waals surface area contributed by atoms with E-state index in [1.807, 2.05) is 31.2 Å². The number of halogens is 2. The average Bonchev–Trinajstić information content (AvgIpc) is 3.08. The van der Waals surface area contributed by atoms with Gasteiger partial charge in [0.25, 0.3) is 0 Å². The number of esters is 1. The van der Waals surface area contributed by atoms with Crippen LogP contribution in [-0.4, -0.2) is 16.9 Å². The fraction of sp³-hybridized carbons (Fsp3) is 0.150. The van der Waals surface area contributed by atoms with Crippen LogP contribution in [0, 0.1) is 6.92 Å². The number of aromatic nitrogens is 1. The van der Waals surface area contributed by atoms with Gasteiger partial charge in [-0.25, -0.2) is 9.78 Å². The summed E-state index contributed by atoms with van der Waals surface area (Å²) in [7, 11) is 0. The Morgan fingerprint density at radius 1 is 1.11 bits per heavy atom. The van der Waals surface area contributed by atoms with Crippen molar-refractivity contribution in [2.24, 2.45) is 0 Å². The maximum absolute atomic E-state index is 12.1. The number of amides is 1. The number of rotatable bonds is 6. The Bertz CT molecular complexity index is 983. The van der Waals surface area contributed by atoms with Gasteiger partial charge >= 0.3 is 5.97 Å². The van der Waals surface area contributed by atoms with E-state index in [2.05, 4.69) is 10.3 Å². The molecule has 0 bridgehead atoms. The number of nitrogens with zero attached hydrogens (tertiary/aromatic N) is 1. The van der Waals surface area contributed by atoms with Crippen LogP contribution < -0.4 is 5.32 Å². The summed E-state index contributed by atoms with van der Waals surface area (Å²) in [6.45, 7) is 1.98. The van der Waals surface area contributed by atoms with E-state index in [1.54, 1.807) is 5.38 Å². The van der Waals surface area contributed by atoms with Crippen molar-refractivity contribution in [3.05, 3.63) is 79.7 Å². The second kappa shape index (κ2) is 9.19. The SMILES string of the molecule is Cc1ccc(NC(=O)Cc2nc(COC(=O)c3cc(Cl)cc(Cl)c3)cs2)cc1. The molecular weight excluding hydrogens is 419 g/mol. The molecule has 8 heteroatoms. The number of carbonyl (C=O) groups is 2. The van der Waals surface area contributed by atoms with Crippen molar-refractivity contribution in [1.82, 2.24) is 4.98 Å². The highest BCUT2D eigenvalue weighted by Crippen LogP contribution is 2.20. The Morgan fingerprint density at radius 3 is 2.46 bits per heavy atom. The number of benzene rings is 2. The molecule has 0 aliphatic rings. The molecule has 0 saturated carbocycles. The third kappa shape index (κ3) is 5.79. The molecule has 0 aliphatic carbocycles. The van der Waals surface area contributed by atoms with Gasteiger partial charge in [0.05, 0.1) is 17.7 Å². The van der Waals surface area contributed by atoms with Crippen LogP contribution in [0.2, 0.25) is 10.0 Å². The molecule has 1 amide bonds. The van der Waals surface area contributed by atoms with Crippen molar-refractivity contribution >= 4 is 52.1 Å². The Hall–Kier alpha value is -2.41. The zero-order valence-electron chi connectivity index (χ0n) is 14.9. The number of hydrogen-bond acceptors (Lipinski definition) is 5. The molecule has 0 unspecified atom stereocenters. The van der Waals surface area contributed by atoms with Crippen LogP contribution >= 0.6 is 34.5 Å². The Labute approximate surface area is 176 Å². The van der Waals surface area contributed by atoms with Crippen molar-refractivity contribution in [2.75, 3.05) is 5.32 Å². The minimum absolute atomic E-state index is 0.000946. The van der Waals surface area contributed by atoms with Crippen molar-refractivity contribution in [1.29, 1.82) is 0 Å². The van der Waals surface area contributed by atoms with Crippen molar-refractivity contribution in [2.45, 2.75) is 20.0 Å². The first-order chi connectivity index (χ1) is 13.4. The summed E-state index contributed by atoms with van der Waals surface area (Å²) in [5.41, 5.74) is 2.70. The number of ether oxygens (including phenoxy) is 1. The Kier molecular flexibility index (Phi) is 6.67. The molecule has 0 spiro atoms. The summed E-state index contributed by atoms with van der Waals surface area (Å²) in [6.07, 6.45) is 0.149. The van der Waals surface area contributed by atoms with Gasteiger partial charge in [-0.1, -0.05) is 40.9 Å². The minimum atomic E-state index is -0.545. The quantitative estimate of drug-likeness (QED) is 0.534. The van der Waals surface area contributed by atoms with Crippen LogP contribution in [0.1, 0.15) is 26.6 Å². The van der Waals surface area contributed by atoms with Gasteiger partial charge in [-0.3, -0.25) is 4.79 Å². The zero-order valence-corrected chi connectivity index (χ0v) is 17.2. The highest BCUT2D eigenvalue weighted by atomic mass is 35.5. The van der Waals surface area contributed by atoms with Crippen LogP contribution in [0.15, 0.2) is 47.8 Å². The Morgan fingerprint density at radius 2 is 1.79 bits per heavy atom. The standard InChI is InChI=1S/C20H16Cl2N2O3S/c1-12-2-4-16(5-3-12)23-18(25)9-19-24-17(11-28-19)10-27-20(26)13-6-14(21)8-15(22)7-13/h2-8,11H,9-10H2,1H3,(H,23,25). The number of carbonyl (C=O) groups excluding carboxylic acids is 2. The van der Waals surface area contributed by atoms with Crippen molar-refractivity contribution < 1.29 is 14.3 Å². The topological polar surface area (TPSA) is 68.3 Å². The lowest BCUT2D eigenvalue weighted by molar-refractivity contribution is -0.115. The molecule has 0 radical (unpaired) electrons. The van der Waals surface area contributed by atoms with E-state index in [9.17, 15) is 9.59 Å². The van der Waals surface area contributed by atoms with Gasteiger partial charge < -0.3 is 10.1 Å². The van der Waals surface area contributed by atoms with Crippen LogP contribution in [0.4, 0.5) is 5.69 Å². The van der Waals surface area contributed by atoms with Gasteiger partial charge in [-0.15, -0.1) is 11.3 Å². The Balaban J connectivity index is 1.53. The maximum atomic E-state index is 12.1. The van der Waals surface area contributed by atoms with Gasteiger partial charge in [0.2, 0.25) is 5.91 Å². The van der Waals surface area contributed by atoms with Crippen LogP contribution in [-0.2, 0) is 22.6 Å². The first-order valence-corrected chi connectivity index (χ1v) is 9.95. The molecule has 1 aromatic heterocycles. The van der Waals surface area contributed by atoms with Gasteiger partial charge in [0.15, 0.2) is 0 Å². The number of nitrogens with one attached hydrogen (secondary N) is 1. The van der Waals surface area contributed by atoms with E-state index in [-0.39, 0.29) is 24.5 Å². The molecule has 0 atom stereocenters. The zero-order chi connectivity index (χ0) is 20.1. The van der Waals surface area contributed by atoms with E-state index in [0.717, 1.165) is 11.3 Å². The fourth-order valence-electron chi connectivity index (χ4n) is 2.37. The van der Waals surface area contributed by atoms with E-state index in [0.29, 0.717) is 20.7 Å². The summed E-state index contributed by atoms with van der Waals surface area (Å²) in [5.74, 6) is -0.702. The highest BCUT2D eigenvalue weighted by Gasteiger charge is 2.12. The van der Waals surface area contributed by atoms with Crippen LogP contribution in [0.3, 0.4) is 0 Å². The predicted molar refractivity (Wildman–Crippen MR) is 111 cm³/mol. The number of thiazole rings is 1. The first-order valence-electron chi connectivity index (χ1n) is 8.32. The van der Waals surface area contributed by atoms with E-state index in [1.165, 1.54) is 29.5 Å². The minimum Gasteiger partial charge on any atom is -0.456 e. The molecule has 28 heavy (non-hydrogen) atoms. The summed E-state index contributed by atoms with van der Waals surface area (Å²) in [4.78, 5) is 28.6. The molecule has 3 aromatic rings. The lowest BCUT2D eigenvalue weighted by Gasteiger charge is -2.05. The van der Waals surface area contributed by atoms with E-state index >= 15 is 0 Å². The van der Waals surface area contributed by atoms with E-state index < -0.39 is 5.97 Å². The highest BCUT2D eigenvalue weighted by molar-refractivity contribution is 7.09. The molecule has 3 rings (SSSR count). The van der Waals surface area contributed by atoms with Gasteiger partial charge in [0, 0.05) is 21.1 Å². The second-order valence-corrected chi connectivity index (χ2v) is 7.87. The molecule has 5 nitrogen and oxygen atoms in total.